The summed E-state index contributed by atoms with van der Waals surface area (Å²) in [5, 5.41) is 13.5. The van der Waals surface area contributed by atoms with E-state index in [0.717, 1.165) is 11.1 Å². The van der Waals surface area contributed by atoms with Gasteiger partial charge in [0.25, 0.3) is 5.91 Å². The van der Waals surface area contributed by atoms with Crippen LogP contribution in [0.25, 0.3) is 10.2 Å². The fourth-order valence-electron chi connectivity index (χ4n) is 3.08. The van der Waals surface area contributed by atoms with E-state index in [-0.39, 0.29) is 18.2 Å². The number of methoxy groups -OCH3 is 1. The predicted octanol–water partition coefficient (Wildman–Crippen LogP) is 4.37. The Labute approximate surface area is 177 Å². The van der Waals surface area contributed by atoms with Crippen molar-refractivity contribution in [2.24, 2.45) is 0 Å². The Kier molecular flexibility index (Phi) is 5.49. The summed E-state index contributed by atoms with van der Waals surface area (Å²) in [4.78, 5) is 26.2. The molecule has 152 valence electrons. The summed E-state index contributed by atoms with van der Waals surface area (Å²) in [5.74, 6) is 0.750. The van der Waals surface area contributed by atoms with Gasteiger partial charge in [0.15, 0.2) is 0 Å². The number of hydrogen-bond acceptors (Lipinski definition) is 5. The first kappa shape index (κ1) is 19.7. The van der Waals surface area contributed by atoms with E-state index in [2.05, 4.69) is 20.8 Å². The van der Waals surface area contributed by atoms with Crippen LogP contribution in [0, 0.1) is 6.92 Å². The van der Waals surface area contributed by atoms with Gasteiger partial charge in [0.1, 0.15) is 16.4 Å². The van der Waals surface area contributed by atoms with E-state index >= 15 is 0 Å². The van der Waals surface area contributed by atoms with Crippen molar-refractivity contribution >= 4 is 44.9 Å². The van der Waals surface area contributed by atoms with E-state index in [0.29, 0.717) is 32.3 Å². The van der Waals surface area contributed by atoms with Gasteiger partial charge in [-0.05, 0) is 36.2 Å². The zero-order chi connectivity index (χ0) is 21.1. The van der Waals surface area contributed by atoms with Crippen molar-refractivity contribution < 1.29 is 14.3 Å². The molecule has 0 saturated carbocycles. The van der Waals surface area contributed by atoms with Crippen LogP contribution in [-0.4, -0.2) is 29.1 Å². The van der Waals surface area contributed by atoms with Gasteiger partial charge < -0.3 is 15.4 Å². The van der Waals surface area contributed by atoms with Crippen LogP contribution in [0.2, 0.25) is 0 Å². The number of aromatic nitrogens is 2. The molecule has 3 N–H and O–H groups in total. The Hall–Kier alpha value is -3.65. The number of nitrogens with zero attached hydrogens (tertiary/aromatic N) is 1. The van der Waals surface area contributed by atoms with E-state index in [9.17, 15) is 9.59 Å². The average Bonchev–Trinajstić information content (AvgIpc) is 3.32. The van der Waals surface area contributed by atoms with E-state index in [1.54, 1.807) is 37.4 Å². The minimum Gasteiger partial charge on any atom is -0.497 e. The lowest BCUT2D eigenvalue weighted by molar-refractivity contribution is -0.115. The molecule has 7 nitrogen and oxygen atoms in total. The van der Waals surface area contributed by atoms with Gasteiger partial charge in [-0.15, -0.1) is 11.3 Å². The summed E-state index contributed by atoms with van der Waals surface area (Å²) >= 11 is 1.25. The molecule has 0 bridgehead atoms. The highest BCUT2D eigenvalue weighted by Crippen LogP contribution is 2.30. The highest BCUT2D eigenvalue weighted by molar-refractivity contribution is 7.20. The molecule has 2 heterocycles. The summed E-state index contributed by atoms with van der Waals surface area (Å²) in [7, 11) is 1.57. The molecule has 0 radical (unpaired) electrons. The Morgan fingerprint density at radius 3 is 2.73 bits per heavy atom. The molecule has 0 unspecified atom stereocenters. The van der Waals surface area contributed by atoms with Crippen molar-refractivity contribution in [3.05, 3.63) is 70.6 Å². The highest BCUT2D eigenvalue weighted by atomic mass is 32.1. The number of hydrogen-bond donors (Lipinski definition) is 3. The van der Waals surface area contributed by atoms with E-state index in [1.807, 2.05) is 31.2 Å². The Morgan fingerprint density at radius 2 is 1.93 bits per heavy atom. The van der Waals surface area contributed by atoms with Crippen molar-refractivity contribution in [1.29, 1.82) is 0 Å². The lowest BCUT2D eigenvalue weighted by Gasteiger charge is -2.06. The molecular formula is C22H20N4O3S. The van der Waals surface area contributed by atoms with Gasteiger partial charge in [-0.25, -0.2) is 0 Å². The molecule has 4 aromatic rings. The van der Waals surface area contributed by atoms with Crippen molar-refractivity contribution in [1.82, 2.24) is 10.2 Å². The quantitative estimate of drug-likeness (QED) is 0.431. The van der Waals surface area contributed by atoms with Crippen LogP contribution < -0.4 is 15.4 Å². The van der Waals surface area contributed by atoms with Gasteiger partial charge in [-0.3, -0.25) is 14.7 Å². The molecule has 0 aliphatic carbocycles. The summed E-state index contributed by atoms with van der Waals surface area (Å²) in [6, 6.07) is 16.6. The maximum absolute atomic E-state index is 12.6. The maximum Gasteiger partial charge on any atom is 0.265 e. The summed E-state index contributed by atoms with van der Waals surface area (Å²) in [6.45, 7) is 1.98. The molecular weight excluding hydrogens is 400 g/mol. The second kappa shape index (κ2) is 8.38. The second-order valence-corrected chi connectivity index (χ2v) is 7.80. The molecule has 0 fully saturated rings. The molecule has 2 aromatic carbocycles. The van der Waals surface area contributed by atoms with Gasteiger partial charge in [-0.1, -0.05) is 30.3 Å². The van der Waals surface area contributed by atoms with E-state index < -0.39 is 0 Å². The Morgan fingerprint density at radius 1 is 1.10 bits per heavy atom. The van der Waals surface area contributed by atoms with Crippen LogP contribution in [-0.2, 0) is 11.2 Å². The molecule has 0 aliphatic rings. The van der Waals surface area contributed by atoms with Crippen molar-refractivity contribution in [2.75, 3.05) is 17.7 Å². The fraction of sp³-hybridized carbons (Fsp3) is 0.136. The van der Waals surface area contributed by atoms with Gasteiger partial charge in [-0.2, -0.15) is 5.10 Å². The molecule has 0 saturated heterocycles. The number of anilines is 2. The van der Waals surface area contributed by atoms with Crippen molar-refractivity contribution in [3.8, 4) is 5.75 Å². The second-order valence-electron chi connectivity index (χ2n) is 6.77. The summed E-state index contributed by atoms with van der Waals surface area (Å²) in [5.41, 5.74) is 2.67. The molecule has 4 rings (SSSR count). The van der Waals surface area contributed by atoms with Crippen LogP contribution in [0.1, 0.15) is 20.8 Å². The zero-order valence-corrected chi connectivity index (χ0v) is 17.3. The van der Waals surface area contributed by atoms with E-state index in [1.165, 1.54) is 11.3 Å². The first-order valence-corrected chi connectivity index (χ1v) is 10.1. The monoisotopic (exact) mass is 420 g/mol. The number of rotatable bonds is 6. The van der Waals surface area contributed by atoms with E-state index in [4.69, 9.17) is 4.74 Å². The number of fused-ring (bicyclic) bond motifs is 1. The Balaban J connectivity index is 1.48. The van der Waals surface area contributed by atoms with Crippen LogP contribution in [0.4, 0.5) is 11.5 Å². The topological polar surface area (TPSA) is 96.1 Å². The number of aryl methyl sites for hydroxylation is 1. The summed E-state index contributed by atoms with van der Waals surface area (Å²) < 4.78 is 5.18. The molecule has 0 spiro atoms. The van der Waals surface area contributed by atoms with Crippen LogP contribution in [0.15, 0.2) is 54.6 Å². The fourth-order valence-corrected chi connectivity index (χ4v) is 3.97. The lowest BCUT2D eigenvalue weighted by Crippen LogP contribution is -2.15. The first-order valence-electron chi connectivity index (χ1n) is 9.31. The van der Waals surface area contributed by atoms with Crippen LogP contribution >= 0.6 is 11.3 Å². The number of nitrogens with one attached hydrogen (secondary N) is 3. The number of ether oxygens (including phenoxy) is 1. The number of carbonyl (C=O) groups excluding carboxylic acids is 2. The standard InChI is InChI=1S/C22H20N4O3S/c1-13-6-3-4-7-14(13)10-19(27)24-20-17-12-18(30-22(17)26-25-20)21(28)23-15-8-5-9-16(11-15)29-2/h3-9,11-12H,10H2,1-2H3,(H,23,28)(H2,24,25,26,27). The van der Waals surface area contributed by atoms with Gasteiger partial charge in [0.05, 0.1) is 23.8 Å². The normalized spacial score (nSPS) is 10.7. The number of carbonyl (C=O) groups is 2. The third-order valence-electron chi connectivity index (χ3n) is 4.68. The number of H-pyrrole nitrogens is 1. The number of thiophene rings is 1. The third kappa shape index (κ3) is 4.18. The Bertz CT molecular complexity index is 1230. The minimum atomic E-state index is -0.247. The first-order chi connectivity index (χ1) is 14.5. The van der Waals surface area contributed by atoms with Gasteiger partial charge >= 0.3 is 0 Å². The molecule has 2 amide bonds. The number of aromatic amines is 1. The molecule has 8 heteroatoms. The average molecular weight is 420 g/mol. The lowest BCUT2D eigenvalue weighted by atomic mass is 10.1. The zero-order valence-electron chi connectivity index (χ0n) is 16.5. The van der Waals surface area contributed by atoms with Crippen LogP contribution in [0.5, 0.6) is 5.75 Å². The number of amides is 2. The van der Waals surface area contributed by atoms with Gasteiger partial charge in [0.2, 0.25) is 5.91 Å². The molecule has 0 aliphatic heterocycles. The molecule has 0 atom stereocenters. The predicted molar refractivity (Wildman–Crippen MR) is 118 cm³/mol. The highest BCUT2D eigenvalue weighted by Gasteiger charge is 2.17. The van der Waals surface area contributed by atoms with Crippen molar-refractivity contribution in [2.45, 2.75) is 13.3 Å². The SMILES string of the molecule is COc1cccc(NC(=O)c2cc3c(NC(=O)Cc4ccccc4C)[nH]nc3s2)c1. The molecule has 2 aromatic heterocycles. The van der Waals surface area contributed by atoms with Crippen LogP contribution in [0.3, 0.4) is 0 Å². The smallest absolute Gasteiger partial charge is 0.265 e. The minimum absolute atomic E-state index is 0.150. The largest absolute Gasteiger partial charge is 0.497 e. The summed E-state index contributed by atoms with van der Waals surface area (Å²) in [6.07, 6.45) is 0.264. The third-order valence-corrected chi connectivity index (χ3v) is 5.71. The van der Waals surface area contributed by atoms with Crippen molar-refractivity contribution in [3.63, 3.8) is 0 Å². The van der Waals surface area contributed by atoms with Gasteiger partial charge in [0, 0.05) is 11.8 Å². The number of benzene rings is 2. The maximum atomic E-state index is 12.6. The molecule has 30 heavy (non-hydrogen) atoms.